The van der Waals surface area contributed by atoms with Gasteiger partial charge in [0.2, 0.25) is 0 Å². The standard InChI is InChI=1S/C20H30N2O2.C12H22N2O2/c1-15(16-8-6-5-7-9-16)22-13-10-17(14-22)20(11-12-20)21-18(23)24-19(2,3)4;1-11(2,3)16-10(15)14-12(5-6-12)9-4-7-13-8-9/h5-9,15,17H,10-14H2,1-4H3,(H,21,23);9,13H,4-8H2,1-3H3,(H,14,15)/t15-,17+;9-/m01/s1. The summed E-state index contributed by atoms with van der Waals surface area (Å²) in [4.78, 5) is 26.4. The predicted molar refractivity (Wildman–Crippen MR) is 158 cm³/mol. The first-order chi connectivity index (χ1) is 18.7. The summed E-state index contributed by atoms with van der Waals surface area (Å²) in [5.74, 6) is 1.11. The Bertz CT molecular complexity index is 1000. The maximum absolute atomic E-state index is 12.2. The molecule has 0 aromatic heterocycles. The van der Waals surface area contributed by atoms with E-state index in [1.54, 1.807) is 0 Å². The minimum absolute atomic E-state index is 0.0336. The monoisotopic (exact) mass is 556 g/mol. The van der Waals surface area contributed by atoms with E-state index < -0.39 is 11.2 Å². The molecular formula is C32H52N4O4. The quantitative estimate of drug-likeness (QED) is 0.411. The van der Waals surface area contributed by atoms with Gasteiger partial charge in [0, 0.05) is 30.2 Å². The number of ether oxygens (including phenoxy) is 2. The summed E-state index contributed by atoms with van der Waals surface area (Å²) in [6.45, 7) is 17.9. The number of nitrogens with zero attached hydrogens (tertiary/aromatic N) is 1. The fourth-order valence-electron chi connectivity index (χ4n) is 6.21. The number of hydrogen-bond donors (Lipinski definition) is 3. The summed E-state index contributed by atoms with van der Waals surface area (Å²) in [5.41, 5.74) is 0.514. The van der Waals surface area contributed by atoms with Crippen LogP contribution in [0, 0.1) is 11.8 Å². The number of amides is 2. The fourth-order valence-corrected chi connectivity index (χ4v) is 6.21. The molecule has 2 saturated carbocycles. The molecule has 2 aliphatic carbocycles. The molecule has 0 spiro atoms. The number of carbonyl (C=O) groups excluding carboxylic acids is 2. The van der Waals surface area contributed by atoms with Crippen molar-refractivity contribution in [3.63, 3.8) is 0 Å². The normalized spacial score (nSPS) is 25.7. The first-order valence-electron chi connectivity index (χ1n) is 15.2. The van der Waals surface area contributed by atoms with Crippen LogP contribution in [0.1, 0.15) is 98.6 Å². The average Bonchev–Trinajstić information content (AvgIpc) is 3.64. The molecule has 0 radical (unpaired) electrons. The van der Waals surface area contributed by atoms with Gasteiger partial charge >= 0.3 is 12.2 Å². The van der Waals surface area contributed by atoms with Gasteiger partial charge in [-0.2, -0.15) is 0 Å². The van der Waals surface area contributed by atoms with Crippen molar-refractivity contribution in [1.82, 2.24) is 20.9 Å². The lowest BCUT2D eigenvalue weighted by Gasteiger charge is -2.29. The number of benzene rings is 1. The molecular weight excluding hydrogens is 504 g/mol. The Labute approximate surface area is 241 Å². The summed E-state index contributed by atoms with van der Waals surface area (Å²) in [6, 6.07) is 11.1. The molecule has 0 unspecified atom stereocenters. The Hall–Kier alpha value is -2.32. The second kappa shape index (κ2) is 11.9. The number of nitrogens with one attached hydrogen (secondary N) is 3. The van der Waals surface area contributed by atoms with E-state index in [1.165, 1.54) is 5.56 Å². The Balaban J connectivity index is 0.000000201. The molecule has 1 aromatic rings. The summed E-state index contributed by atoms with van der Waals surface area (Å²) >= 11 is 0. The lowest BCUT2D eigenvalue weighted by Crippen LogP contribution is -2.45. The number of rotatable bonds is 6. The summed E-state index contributed by atoms with van der Waals surface area (Å²) < 4.78 is 10.8. The maximum Gasteiger partial charge on any atom is 0.408 e. The van der Waals surface area contributed by atoms with Crippen LogP contribution in [0.5, 0.6) is 0 Å². The van der Waals surface area contributed by atoms with Crippen LogP contribution in [0.2, 0.25) is 0 Å². The third-order valence-electron chi connectivity index (χ3n) is 8.75. The van der Waals surface area contributed by atoms with E-state index in [2.05, 4.69) is 58.1 Å². The van der Waals surface area contributed by atoms with Crippen LogP contribution in [0.15, 0.2) is 30.3 Å². The highest BCUT2D eigenvalue weighted by molar-refractivity contribution is 5.70. The van der Waals surface area contributed by atoms with Gasteiger partial charge in [-0.3, -0.25) is 4.90 Å². The van der Waals surface area contributed by atoms with Crippen molar-refractivity contribution in [3.05, 3.63) is 35.9 Å². The molecule has 4 aliphatic rings. The van der Waals surface area contributed by atoms with E-state index >= 15 is 0 Å². The highest BCUT2D eigenvalue weighted by Gasteiger charge is 2.53. The van der Waals surface area contributed by atoms with Gasteiger partial charge in [-0.1, -0.05) is 30.3 Å². The van der Waals surface area contributed by atoms with Crippen molar-refractivity contribution < 1.29 is 19.1 Å². The van der Waals surface area contributed by atoms with E-state index in [4.69, 9.17) is 9.47 Å². The Kier molecular flexibility index (Phi) is 9.10. The van der Waals surface area contributed by atoms with Crippen LogP contribution in [0.3, 0.4) is 0 Å². The highest BCUT2D eigenvalue weighted by Crippen LogP contribution is 2.47. The van der Waals surface area contributed by atoms with Crippen molar-refractivity contribution in [2.75, 3.05) is 26.2 Å². The number of alkyl carbamates (subject to hydrolysis) is 2. The average molecular weight is 557 g/mol. The lowest BCUT2D eigenvalue weighted by molar-refractivity contribution is 0.0463. The Morgan fingerprint density at radius 2 is 1.40 bits per heavy atom. The molecule has 8 nitrogen and oxygen atoms in total. The second-order valence-electron chi connectivity index (χ2n) is 14.3. The first kappa shape index (κ1) is 30.6. The highest BCUT2D eigenvalue weighted by atomic mass is 16.6. The SMILES string of the molecule is CC(C)(C)OC(=O)NC1([C@@H]2CCNC2)CC1.C[C@@H](c1ccccc1)N1CC[C@@H](C2(NC(=O)OC(C)(C)C)CC2)C1. The molecule has 8 heteroatoms. The minimum Gasteiger partial charge on any atom is -0.444 e. The molecule has 0 bridgehead atoms. The summed E-state index contributed by atoms with van der Waals surface area (Å²) in [5, 5.41) is 9.59. The summed E-state index contributed by atoms with van der Waals surface area (Å²) in [7, 11) is 0. The van der Waals surface area contributed by atoms with Gasteiger partial charge in [0.1, 0.15) is 11.2 Å². The van der Waals surface area contributed by atoms with Gasteiger partial charge in [-0.05, 0) is 117 Å². The second-order valence-corrected chi connectivity index (χ2v) is 14.3. The van der Waals surface area contributed by atoms with E-state index in [9.17, 15) is 9.59 Å². The molecule has 1 aromatic carbocycles. The number of hydrogen-bond acceptors (Lipinski definition) is 6. The third-order valence-corrected chi connectivity index (χ3v) is 8.75. The van der Waals surface area contributed by atoms with E-state index in [0.29, 0.717) is 17.9 Å². The van der Waals surface area contributed by atoms with Gasteiger partial charge in [0.05, 0.1) is 0 Å². The zero-order valence-corrected chi connectivity index (χ0v) is 25.8. The molecule has 2 amide bonds. The van der Waals surface area contributed by atoms with Crippen molar-refractivity contribution in [1.29, 1.82) is 0 Å². The molecule has 2 heterocycles. The van der Waals surface area contributed by atoms with Crippen molar-refractivity contribution in [3.8, 4) is 0 Å². The molecule has 2 saturated heterocycles. The van der Waals surface area contributed by atoms with Crippen molar-refractivity contribution in [2.45, 2.75) is 115 Å². The van der Waals surface area contributed by atoms with Crippen LogP contribution < -0.4 is 16.0 Å². The lowest BCUT2D eigenvalue weighted by atomic mass is 9.96. The molecule has 4 fully saturated rings. The van der Waals surface area contributed by atoms with Crippen LogP contribution >= 0.6 is 0 Å². The molecule has 2 aliphatic heterocycles. The summed E-state index contributed by atoms with van der Waals surface area (Å²) in [6.07, 6.45) is 6.11. The van der Waals surface area contributed by atoms with Crippen LogP contribution in [-0.4, -0.2) is 65.5 Å². The fraction of sp³-hybridized carbons (Fsp3) is 0.750. The number of likely N-dealkylation sites (tertiary alicyclic amines) is 1. The smallest absolute Gasteiger partial charge is 0.408 e. The zero-order chi connectivity index (χ0) is 29.2. The molecule has 3 atom stereocenters. The van der Waals surface area contributed by atoms with Gasteiger partial charge in [0.15, 0.2) is 0 Å². The van der Waals surface area contributed by atoms with E-state index in [1.807, 2.05) is 41.5 Å². The maximum atomic E-state index is 12.2. The van der Waals surface area contributed by atoms with Gasteiger partial charge in [0.25, 0.3) is 0 Å². The van der Waals surface area contributed by atoms with E-state index in [0.717, 1.165) is 64.7 Å². The molecule has 224 valence electrons. The van der Waals surface area contributed by atoms with Crippen LogP contribution in [0.4, 0.5) is 9.59 Å². The Morgan fingerprint density at radius 3 is 1.85 bits per heavy atom. The predicted octanol–water partition coefficient (Wildman–Crippen LogP) is 5.78. The topological polar surface area (TPSA) is 91.9 Å². The Morgan fingerprint density at radius 1 is 0.875 bits per heavy atom. The van der Waals surface area contributed by atoms with Crippen molar-refractivity contribution in [2.24, 2.45) is 11.8 Å². The molecule has 40 heavy (non-hydrogen) atoms. The van der Waals surface area contributed by atoms with Gasteiger partial charge in [-0.25, -0.2) is 9.59 Å². The minimum atomic E-state index is -0.441. The number of carbonyl (C=O) groups is 2. The van der Waals surface area contributed by atoms with Crippen LogP contribution in [0.25, 0.3) is 0 Å². The van der Waals surface area contributed by atoms with Crippen molar-refractivity contribution >= 4 is 12.2 Å². The zero-order valence-electron chi connectivity index (χ0n) is 25.8. The molecule has 3 N–H and O–H groups in total. The first-order valence-corrected chi connectivity index (χ1v) is 15.2. The third kappa shape index (κ3) is 8.35. The van der Waals surface area contributed by atoms with Gasteiger partial charge < -0.3 is 25.4 Å². The molecule has 5 rings (SSSR count). The van der Waals surface area contributed by atoms with E-state index in [-0.39, 0.29) is 23.3 Å². The largest absolute Gasteiger partial charge is 0.444 e. The van der Waals surface area contributed by atoms with Crippen LogP contribution in [-0.2, 0) is 9.47 Å². The van der Waals surface area contributed by atoms with Gasteiger partial charge in [-0.15, -0.1) is 0 Å².